The molecule has 0 aliphatic heterocycles. The Balaban J connectivity index is 1.00. The van der Waals surface area contributed by atoms with Gasteiger partial charge in [-0.1, -0.05) is 374 Å². The van der Waals surface area contributed by atoms with E-state index < -0.39 is 32.6 Å². The maximum atomic E-state index is 7.59. The summed E-state index contributed by atoms with van der Waals surface area (Å²) in [7, 11) is -4.68. The number of benzene rings is 12. The van der Waals surface area contributed by atoms with E-state index in [2.05, 4.69) is 374 Å². The first-order valence-electron chi connectivity index (χ1n) is 39.4. The van der Waals surface area contributed by atoms with E-state index in [1.807, 2.05) is 0 Å². The molecular weight excluding hydrogens is 1450 g/mol. The van der Waals surface area contributed by atoms with Crippen molar-refractivity contribution in [1.29, 1.82) is 0 Å². The third-order valence-electron chi connectivity index (χ3n) is 20.1. The predicted molar refractivity (Wildman–Crippen MR) is 474 cm³/mol. The highest BCUT2D eigenvalue weighted by molar-refractivity contribution is 7.69. The van der Waals surface area contributed by atoms with E-state index in [0.29, 0.717) is 78.5 Å². The van der Waals surface area contributed by atoms with Crippen molar-refractivity contribution in [2.45, 2.75) is 130 Å². The van der Waals surface area contributed by atoms with Crippen LogP contribution in [0.5, 0.6) is 23.0 Å². The number of hydrogen-bond donors (Lipinski definition) is 0. The molecule has 0 unspecified atom stereocenters. The van der Waals surface area contributed by atoms with Gasteiger partial charge in [-0.25, -0.2) is 0 Å². The van der Waals surface area contributed by atoms with E-state index in [1.165, 1.54) is 22.3 Å². The zero-order chi connectivity index (χ0) is 78.2. The van der Waals surface area contributed by atoms with Gasteiger partial charge >= 0.3 is 0 Å². The molecular formula is C100H108O8P4. The number of ether oxygens (including phenoxy) is 4. The van der Waals surface area contributed by atoms with E-state index in [4.69, 9.17) is 37.0 Å². The van der Waals surface area contributed by atoms with Crippen LogP contribution in [0.25, 0.3) is 0 Å². The van der Waals surface area contributed by atoms with E-state index >= 15 is 0 Å². The lowest BCUT2D eigenvalue weighted by Gasteiger charge is -2.29. The largest absolute Gasteiger partial charge is 0.491 e. The highest BCUT2D eigenvalue weighted by Crippen LogP contribution is 2.47. The van der Waals surface area contributed by atoms with Crippen LogP contribution in [0.1, 0.15) is 150 Å². The van der Waals surface area contributed by atoms with Crippen molar-refractivity contribution < 1.29 is 37.0 Å². The van der Waals surface area contributed by atoms with Crippen LogP contribution >= 0.6 is 32.6 Å². The molecule has 0 spiro atoms. The fourth-order valence-corrected chi connectivity index (χ4v) is 21.1. The molecule has 0 heterocycles. The van der Waals surface area contributed by atoms with Crippen LogP contribution < -0.4 is 61.4 Å². The lowest BCUT2D eigenvalue weighted by Crippen LogP contribution is -2.20. The summed E-state index contributed by atoms with van der Waals surface area (Å²) in [6.07, 6.45) is 1.95. The quantitative estimate of drug-likeness (QED) is 0.0355. The molecule has 1 aliphatic carbocycles. The standard InChI is InChI=1S/C100H108O8P4/c1-97(2,3)81-65-73-61-75-67-82(98(4,5)6)69-77(94(75)102-54-58-106-110(87-41-25-15-26-42-87)88-43-27-16-28-44-88)63-79-71-84(100(10,11)12)72-80(96(79)104-56-60-108-112(91-49-33-19-34-50-91)92-51-35-20-36-52-92)64-78-70-83(99(7,8)9)68-76(95(78)103-55-59-107-111(89-45-29-17-30-46-89)90-47-31-18-32-48-90)62-74(66-81)93(73)101-53-57-105-109(85-37-21-13-22-38-85)86-39-23-14-24-40-86/h13-52,65-72H,53-64H2,1-12H3. The fourth-order valence-electron chi connectivity index (χ4n) is 14.2. The Morgan fingerprint density at radius 1 is 0.196 bits per heavy atom. The molecule has 12 heteroatoms. The van der Waals surface area contributed by atoms with Crippen LogP contribution in [-0.2, 0) is 65.4 Å². The SMILES string of the molecule is CC(C)(C)c1cc2c(OCCOP(c3ccccc3)c3ccccc3)c(c1)Cc1cc(C(C)(C)C)cc(c1OCCOP(c1ccccc1)c1ccccc1)Cc1cc(C(C)(C)C)cc(c1OCCOP(c1ccccc1)c1ccccc1)Cc1cc(C(C)(C)C)cc(c1OCCOP(c1ccccc1)c1ccccc1)C2. The summed E-state index contributed by atoms with van der Waals surface area (Å²) in [5.41, 5.74) is 12.2. The van der Waals surface area contributed by atoms with Crippen LogP contribution in [0.3, 0.4) is 0 Å². The number of hydrogen-bond acceptors (Lipinski definition) is 8. The second-order valence-corrected chi connectivity index (χ2v) is 40.3. The van der Waals surface area contributed by atoms with Gasteiger partial charge in [0.25, 0.3) is 0 Å². The summed E-state index contributed by atoms with van der Waals surface area (Å²) in [6, 6.07) is 104. The van der Waals surface area contributed by atoms with Crippen LogP contribution in [0.4, 0.5) is 0 Å². The molecule has 112 heavy (non-hydrogen) atoms. The van der Waals surface area contributed by atoms with Crippen molar-refractivity contribution in [2.24, 2.45) is 0 Å². The van der Waals surface area contributed by atoms with E-state index in [-0.39, 0.29) is 21.7 Å². The summed E-state index contributed by atoms with van der Waals surface area (Å²) < 4.78 is 58.8. The minimum absolute atomic E-state index is 0.275. The van der Waals surface area contributed by atoms with Gasteiger partial charge in [-0.05, 0) is 88.4 Å². The minimum atomic E-state index is -1.17. The maximum absolute atomic E-state index is 7.59. The van der Waals surface area contributed by atoms with Crippen LogP contribution in [0, 0.1) is 0 Å². The van der Waals surface area contributed by atoms with Gasteiger partial charge in [0.2, 0.25) is 0 Å². The summed E-state index contributed by atoms with van der Waals surface area (Å²) in [5, 5.41) is 9.16. The summed E-state index contributed by atoms with van der Waals surface area (Å²) in [5.74, 6) is 3.32. The minimum Gasteiger partial charge on any atom is -0.491 e. The van der Waals surface area contributed by atoms with Crippen molar-refractivity contribution in [3.63, 3.8) is 0 Å². The van der Waals surface area contributed by atoms with Gasteiger partial charge in [-0.3, -0.25) is 0 Å². The molecule has 0 saturated carbocycles. The van der Waals surface area contributed by atoms with Gasteiger partial charge < -0.3 is 37.0 Å². The predicted octanol–water partition coefficient (Wildman–Crippen LogP) is 21.3. The molecule has 1 aliphatic rings. The first kappa shape index (κ1) is 81.4. The van der Waals surface area contributed by atoms with Crippen LogP contribution in [0.2, 0.25) is 0 Å². The Morgan fingerprint density at radius 3 is 0.455 bits per heavy atom. The Morgan fingerprint density at radius 2 is 0.330 bits per heavy atom. The molecule has 576 valence electrons. The summed E-state index contributed by atoms with van der Waals surface area (Å²) in [4.78, 5) is 0. The number of fused-ring (bicyclic) bond motifs is 8. The third-order valence-corrected chi connectivity index (χ3v) is 28.0. The molecule has 0 atom stereocenters. The smallest absolute Gasteiger partial charge is 0.126 e. The topological polar surface area (TPSA) is 73.8 Å². The Hall–Kier alpha value is -8.60. The zero-order valence-electron chi connectivity index (χ0n) is 67.3. The second kappa shape index (κ2) is 37.6. The molecule has 0 radical (unpaired) electrons. The number of rotatable bonds is 28. The van der Waals surface area contributed by atoms with Crippen molar-refractivity contribution >= 4 is 75.0 Å². The lowest BCUT2D eigenvalue weighted by molar-refractivity contribution is 0.227. The van der Waals surface area contributed by atoms with Gasteiger partial charge in [-0.15, -0.1) is 0 Å². The van der Waals surface area contributed by atoms with Gasteiger partial charge in [-0.2, -0.15) is 0 Å². The van der Waals surface area contributed by atoms with Crippen molar-refractivity contribution in [3.05, 3.63) is 358 Å². The molecule has 12 aromatic rings. The molecule has 8 bridgehead atoms. The van der Waals surface area contributed by atoms with Crippen molar-refractivity contribution in [3.8, 4) is 23.0 Å². The van der Waals surface area contributed by atoms with Crippen molar-refractivity contribution in [1.82, 2.24) is 0 Å². The Labute approximate surface area is 672 Å². The molecule has 8 nitrogen and oxygen atoms in total. The summed E-state index contributed by atoms with van der Waals surface area (Å²) in [6.45, 7) is 30.4. The Kier molecular flexibility index (Phi) is 27.3. The second-order valence-electron chi connectivity index (χ2n) is 32.8. The average Bonchev–Trinajstić information content (AvgIpc) is 0.760. The molecule has 0 saturated heterocycles. The Bertz CT molecular complexity index is 4100. The molecule has 0 N–H and O–H groups in total. The first-order valence-corrected chi connectivity index (χ1v) is 44.4. The van der Waals surface area contributed by atoms with Crippen molar-refractivity contribution in [2.75, 3.05) is 52.9 Å². The molecule has 0 fully saturated rings. The van der Waals surface area contributed by atoms with Gasteiger partial charge in [0.1, 0.15) is 49.4 Å². The van der Waals surface area contributed by atoms with E-state index in [9.17, 15) is 0 Å². The molecule has 12 aromatic carbocycles. The molecule has 0 aromatic heterocycles. The normalized spacial score (nSPS) is 12.7. The van der Waals surface area contributed by atoms with Crippen LogP contribution in [0.15, 0.2) is 291 Å². The summed E-state index contributed by atoms with van der Waals surface area (Å²) >= 11 is 0. The monoisotopic (exact) mass is 1560 g/mol. The molecule has 13 rings (SSSR count). The fraction of sp³-hybridized carbons (Fsp3) is 0.280. The van der Waals surface area contributed by atoms with Crippen LogP contribution in [-0.4, -0.2) is 52.9 Å². The highest BCUT2D eigenvalue weighted by Gasteiger charge is 2.31. The van der Waals surface area contributed by atoms with Gasteiger partial charge in [0.15, 0.2) is 0 Å². The van der Waals surface area contributed by atoms with Gasteiger partial charge in [0.05, 0.1) is 59.0 Å². The third kappa shape index (κ3) is 21.2. The highest BCUT2D eigenvalue weighted by atomic mass is 31.1. The maximum Gasteiger partial charge on any atom is 0.126 e. The van der Waals surface area contributed by atoms with E-state index in [0.717, 1.165) is 110 Å². The van der Waals surface area contributed by atoms with E-state index in [1.54, 1.807) is 0 Å². The van der Waals surface area contributed by atoms with Gasteiger partial charge in [0, 0.05) is 68.1 Å². The zero-order valence-corrected chi connectivity index (χ0v) is 70.8. The average molecular weight is 1560 g/mol. The molecule has 0 amide bonds. The first-order chi connectivity index (χ1) is 54.1. The lowest BCUT2D eigenvalue weighted by atomic mass is 9.79.